The first-order chi connectivity index (χ1) is 11.7. The number of aryl methyl sites for hydroxylation is 1. The van der Waals surface area contributed by atoms with E-state index in [2.05, 4.69) is 20.5 Å². The molecule has 1 atom stereocenters. The highest BCUT2D eigenvalue weighted by Gasteiger charge is 2.21. The van der Waals surface area contributed by atoms with Crippen molar-refractivity contribution in [2.24, 2.45) is 7.05 Å². The number of carbonyl (C=O) groups is 1. The monoisotopic (exact) mass is 359 g/mol. The minimum absolute atomic E-state index is 0.0699. The number of nitrogens with zero attached hydrogens (tertiary/aromatic N) is 4. The van der Waals surface area contributed by atoms with Gasteiger partial charge in [-0.1, -0.05) is 49.0 Å². The molecule has 3 aromatic rings. The number of aromatic nitrogens is 4. The second-order valence-electron chi connectivity index (χ2n) is 5.13. The summed E-state index contributed by atoms with van der Waals surface area (Å²) in [7, 11) is 1.86. The molecule has 0 aliphatic rings. The van der Waals surface area contributed by atoms with Crippen LogP contribution in [0.15, 0.2) is 47.2 Å². The van der Waals surface area contributed by atoms with E-state index in [1.807, 2.05) is 49.7 Å². The summed E-state index contributed by atoms with van der Waals surface area (Å²) >= 11 is 2.83. The van der Waals surface area contributed by atoms with Crippen molar-refractivity contribution >= 4 is 34.1 Å². The Hall–Kier alpha value is -2.19. The Bertz CT molecular complexity index is 815. The molecule has 24 heavy (non-hydrogen) atoms. The van der Waals surface area contributed by atoms with Gasteiger partial charge in [-0.15, -0.1) is 21.5 Å². The molecule has 0 aliphatic carbocycles. The van der Waals surface area contributed by atoms with E-state index in [-0.39, 0.29) is 11.2 Å². The lowest BCUT2D eigenvalue weighted by molar-refractivity contribution is -0.115. The van der Waals surface area contributed by atoms with E-state index in [1.54, 1.807) is 10.9 Å². The topological polar surface area (TPSA) is 72.7 Å². The standard InChI is InChI=1S/C16H17N5OS2/c1-3-13(24-16-20-17-10-21(16)2)14(22)19-15-18-12(9-23-15)11-7-5-4-6-8-11/h4-10,13H,3H2,1-2H3,(H,18,19,22)/t13-/m0/s1. The second-order valence-corrected chi connectivity index (χ2v) is 7.16. The summed E-state index contributed by atoms with van der Waals surface area (Å²) in [5.41, 5.74) is 1.90. The summed E-state index contributed by atoms with van der Waals surface area (Å²) in [6.07, 6.45) is 2.32. The zero-order valence-corrected chi connectivity index (χ0v) is 15.0. The maximum Gasteiger partial charge on any atom is 0.239 e. The number of hydrogen-bond donors (Lipinski definition) is 1. The quantitative estimate of drug-likeness (QED) is 0.683. The Morgan fingerprint density at radius 2 is 2.17 bits per heavy atom. The molecule has 0 saturated carbocycles. The zero-order valence-electron chi connectivity index (χ0n) is 13.3. The summed E-state index contributed by atoms with van der Waals surface area (Å²) in [5.74, 6) is -0.0699. The molecule has 0 bridgehead atoms. The van der Waals surface area contributed by atoms with Gasteiger partial charge in [-0.05, 0) is 6.42 Å². The first kappa shape index (κ1) is 16.7. The van der Waals surface area contributed by atoms with Crippen LogP contribution in [0.1, 0.15) is 13.3 Å². The highest BCUT2D eigenvalue weighted by Crippen LogP contribution is 2.27. The minimum Gasteiger partial charge on any atom is -0.312 e. The Kier molecular flexibility index (Phi) is 5.27. The predicted molar refractivity (Wildman–Crippen MR) is 97.1 cm³/mol. The molecule has 3 rings (SSSR count). The molecule has 0 radical (unpaired) electrons. The van der Waals surface area contributed by atoms with E-state index in [1.165, 1.54) is 23.1 Å². The zero-order chi connectivity index (χ0) is 16.9. The molecule has 0 fully saturated rings. The van der Waals surface area contributed by atoms with Crippen molar-refractivity contribution in [3.8, 4) is 11.3 Å². The van der Waals surface area contributed by atoms with Gasteiger partial charge < -0.3 is 9.88 Å². The van der Waals surface area contributed by atoms with Crippen molar-refractivity contribution in [2.75, 3.05) is 5.32 Å². The Morgan fingerprint density at radius 1 is 1.38 bits per heavy atom. The number of nitrogens with one attached hydrogen (secondary N) is 1. The molecule has 6 nitrogen and oxygen atoms in total. The molecule has 1 N–H and O–H groups in total. The van der Waals surface area contributed by atoms with E-state index in [0.29, 0.717) is 11.6 Å². The SMILES string of the molecule is CC[C@H](Sc1nncn1C)C(=O)Nc1nc(-c2ccccc2)cs1. The molecule has 1 aromatic carbocycles. The van der Waals surface area contributed by atoms with Crippen molar-refractivity contribution in [1.82, 2.24) is 19.7 Å². The number of rotatable bonds is 6. The molecule has 124 valence electrons. The smallest absolute Gasteiger partial charge is 0.239 e. The molecular weight excluding hydrogens is 342 g/mol. The summed E-state index contributed by atoms with van der Waals surface area (Å²) in [6, 6.07) is 9.90. The van der Waals surface area contributed by atoms with Gasteiger partial charge in [0, 0.05) is 18.0 Å². The number of anilines is 1. The number of hydrogen-bond acceptors (Lipinski definition) is 6. The van der Waals surface area contributed by atoms with Crippen LogP contribution < -0.4 is 5.32 Å². The Morgan fingerprint density at radius 3 is 2.83 bits per heavy atom. The fraction of sp³-hybridized carbons (Fsp3) is 0.250. The maximum atomic E-state index is 12.5. The fourth-order valence-electron chi connectivity index (χ4n) is 2.09. The van der Waals surface area contributed by atoms with Crippen LogP contribution in [-0.2, 0) is 11.8 Å². The van der Waals surface area contributed by atoms with Gasteiger partial charge >= 0.3 is 0 Å². The molecule has 0 saturated heterocycles. The van der Waals surface area contributed by atoms with Crippen LogP contribution in [-0.4, -0.2) is 30.9 Å². The summed E-state index contributed by atoms with van der Waals surface area (Å²) in [5, 5.41) is 13.8. The minimum atomic E-state index is -0.239. The molecule has 0 aliphatic heterocycles. The normalized spacial score (nSPS) is 12.1. The third-order valence-corrected chi connectivity index (χ3v) is 5.55. The van der Waals surface area contributed by atoms with E-state index >= 15 is 0 Å². The van der Waals surface area contributed by atoms with Gasteiger partial charge in [0.15, 0.2) is 10.3 Å². The van der Waals surface area contributed by atoms with Crippen LogP contribution in [0.25, 0.3) is 11.3 Å². The van der Waals surface area contributed by atoms with Crippen molar-refractivity contribution in [3.63, 3.8) is 0 Å². The average Bonchev–Trinajstić information content (AvgIpc) is 3.22. The van der Waals surface area contributed by atoms with Gasteiger partial charge in [0.2, 0.25) is 5.91 Å². The number of thioether (sulfide) groups is 1. The molecular formula is C16H17N5OS2. The lowest BCUT2D eigenvalue weighted by Crippen LogP contribution is -2.24. The first-order valence-electron chi connectivity index (χ1n) is 7.50. The highest BCUT2D eigenvalue weighted by molar-refractivity contribution is 8.00. The van der Waals surface area contributed by atoms with Crippen molar-refractivity contribution < 1.29 is 4.79 Å². The predicted octanol–water partition coefficient (Wildman–Crippen LogP) is 3.45. The lowest BCUT2D eigenvalue weighted by Gasteiger charge is -2.12. The first-order valence-corrected chi connectivity index (χ1v) is 9.25. The van der Waals surface area contributed by atoms with Crippen molar-refractivity contribution in [3.05, 3.63) is 42.0 Å². The van der Waals surface area contributed by atoms with Gasteiger partial charge in [0.1, 0.15) is 6.33 Å². The highest BCUT2D eigenvalue weighted by atomic mass is 32.2. The third-order valence-electron chi connectivity index (χ3n) is 3.38. The molecule has 2 heterocycles. The van der Waals surface area contributed by atoms with Gasteiger partial charge in [-0.2, -0.15) is 0 Å². The Balaban J connectivity index is 1.67. The van der Waals surface area contributed by atoms with Gasteiger partial charge in [-0.3, -0.25) is 4.79 Å². The third kappa shape index (κ3) is 3.82. The van der Waals surface area contributed by atoms with E-state index in [9.17, 15) is 4.79 Å². The fourth-order valence-corrected chi connectivity index (χ4v) is 3.70. The van der Waals surface area contributed by atoms with Crippen LogP contribution in [0.3, 0.4) is 0 Å². The van der Waals surface area contributed by atoms with Gasteiger partial charge in [0.05, 0.1) is 10.9 Å². The Labute approximate surface area is 148 Å². The van der Waals surface area contributed by atoms with E-state index in [4.69, 9.17) is 0 Å². The van der Waals surface area contributed by atoms with E-state index in [0.717, 1.165) is 16.4 Å². The van der Waals surface area contributed by atoms with Crippen LogP contribution in [0.4, 0.5) is 5.13 Å². The van der Waals surface area contributed by atoms with Gasteiger partial charge in [-0.25, -0.2) is 4.98 Å². The summed E-state index contributed by atoms with van der Waals surface area (Å²) < 4.78 is 1.80. The lowest BCUT2D eigenvalue weighted by atomic mass is 10.2. The molecule has 1 amide bonds. The second kappa shape index (κ2) is 7.59. The van der Waals surface area contributed by atoms with Crippen molar-refractivity contribution in [2.45, 2.75) is 23.8 Å². The molecule has 8 heteroatoms. The largest absolute Gasteiger partial charge is 0.312 e. The number of amides is 1. The van der Waals surface area contributed by atoms with Crippen molar-refractivity contribution in [1.29, 1.82) is 0 Å². The number of thiazole rings is 1. The molecule has 0 unspecified atom stereocenters. The number of carbonyl (C=O) groups excluding carboxylic acids is 1. The van der Waals surface area contributed by atoms with Crippen LogP contribution in [0, 0.1) is 0 Å². The van der Waals surface area contributed by atoms with Crippen LogP contribution >= 0.6 is 23.1 Å². The van der Waals surface area contributed by atoms with Crippen LogP contribution in [0.5, 0.6) is 0 Å². The maximum absolute atomic E-state index is 12.5. The average molecular weight is 359 g/mol. The summed E-state index contributed by atoms with van der Waals surface area (Å²) in [4.78, 5) is 17.0. The summed E-state index contributed by atoms with van der Waals surface area (Å²) in [6.45, 7) is 1.98. The van der Waals surface area contributed by atoms with Gasteiger partial charge in [0.25, 0.3) is 0 Å². The van der Waals surface area contributed by atoms with Crippen LogP contribution in [0.2, 0.25) is 0 Å². The molecule has 2 aromatic heterocycles. The molecule has 0 spiro atoms. The number of benzene rings is 1. The van der Waals surface area contributed by atoms with E-state index < -0.39 is 0 Å².